The third kappa shape index (κ3) is 5.12. The maximum absolute atomic E-state index is 14.0. The molecule has 0 bridgehead atoms. The summed E-state index contributed by atoms with van der Waals surface area (Å²) in [4.78, 5) is 55.6. The number of anilines is 2. The smallest absolute Gasteiger partial charge is 0.308 e. The molecule has 0 spiro atoms. The minimum atomic E-state index is -0.777. The number of thioether (sulfide) groups is 1. The quantitative estimate of drug-likeness (QED) is 0.262. The van der Waals surface area contributed by atoms with E-state index in [4.69, 9.17) is 16.3 Å². The number of benzene rings is 3. The molecule has 3 heterocycles. The second kappa shape index (κ2) is 11.1. The highest BCUT2D eigenvalue weighted by Gasteiger charge is 2.56. The molecule has 3 unspecified atom stereocenters. The summed E-state index contributed by atoms with van der Waals surface area (Å²) in [6.45, 7) is -0.243. The molecular formula is C29H21BrClN3O5S2. The largest absolute Gasteiger partial charge is 0.497 e. The summed E-state index contributed by atoms with van der Waals surface area (Å²) in [6, 6.07) is 20.9. The van der Waals surface area contributed by atoms with Crippen LogP contribution in [0.4, 0.5) is 11.4 Å². The van der Waals surface area contributed by atoms with E-state index < -0.39 is 23.0 Å². The van der Waals surface area contributed by atoms with Crippen LogP contribution in [0.3, 0.4) is 0 Å². The zero-order valence-corrected chi connectivity index (χ0v) is 25.4. The number of amides is 3. The molecule has 0 radical (unpaired) electrons. The molecule has 1 aromatic heterocycles. The van der Waals surface area contributed by atoms with Crippen LogP contribution in [-0.2, 0) is 20.9 Å². The first kappa shape index (κ1) is 27.8. The molecule has 12 heteroatoms. The van der Waals surface area contributed by atoms with Crippen molar-refractivity contribution in [2.45, 2.75) is 22.7 Å². The summed E-state index contributed by atoms with van der Waals surface area (Å²) in [5.74, 6) is -1.77. The van der Waals surface area contributed by atoms with E-state index in [1.807, 2.05) is 24.3 Å². The number of rotatable bonds is 6. The predicted octanol–water partition coefficient (Wildman–Crippen LogP) is 5.77. The maximum atomic E-state index is 14.0. The predicted molar refractivity (Wildman–Crippen MR) is 163 cm³/mol. The van der Waals surface area contributed by atoms with Gasteiger partial charge in [0.1, 0.15) is 17.5 Å². The van der Waals surface area contributed by atoms with E-state index in [-0.39, 0.29) is 23.2 Å². The molecule has 2 aliphatic rings. The van der Waals surface area contributed by atoms with E-state index in [1.165, 1.54) is 21.2 Å². The molecule has 1 fully saturated rings. The van der Waals surface area contributed by atoms with Crippen molar-refractivity contribution in [1.29, 1.82) is 0 Å². The number of aromatic nitrogens is 1. The Morgan fingerprint density at radius 1 is 1.02 bits per heavy atom. The Kier molecular flexibility index (Phi) is 7.54. The third-order valence-electron chi connectivity index (χ3n) is 7.02. The Morgan fingerprint density at radius 3 is 2.44 bits per heavy atom. The van der Waals surface area contributed by atoms with Crippen LogP contribution in [0.15, 0.2) is 87.1 Å². The van der Waals surface area contributed by atoms with Crippen molar-refractivity contribution in [3.63, 3.8) is 0 Å². The highest BCUT2D eigenvalue weighted by molar-refractivity contribution is 9.10. The lowest BCUT2D eigenvalue weighted by Crippen LogP contribution is -2.33. The number of hydrogen-bond acceptors (Lipinski definition) is 7. The fourth-order valence-electron chi connectivity index (χ4n) is 5.18. The molecule has 2 aliphatic heterocycles. The molecule has 1 saturated heterocycles. The van der Waals surface area contributed by atoms with E-state index in [1.54, 1.807) is 55.6 Å². The maximum Gasteiger partial charge on any atom is 0.308 e. The number of carbonyl (C=O) groups is 3. The zero-order valence-electron chi connectivity index (χ0n) is 21.4. The lowest BCUT2D eigenvalue weighted by molar-refractivity contribution is -0.122. The second-order valence-corrected chi connectivity index (χ2v) is 13.0. The van der Waals surface area contributed by atoms with Gasteiger partial charge in [-0.15, -0.1) is 0 Å². The molecule has 1 N–H and O–H groups in total. The van der Waals surface area contributed by atoms with E-state index in [9.17, 15) is 19.2 Å². The van der Waals surface area contributed by atoms with Crippen LogP contribution in [0.1, 0.15) is 16.4 Å². The monoisotopic (exact) mass is 669 g/mol. The topological polar surface area (TPSA) is 97.7 Å². The summed E-state index contributed by atoms with van der Waals surface area (Å²) in [5, 5.41) is 3.07. The van der Waals surface area contributed by atoms with Gasteiger partial charge in [0.2, 0.25) is 17.7 Å². The molecule has 0 aliphatic carbocycles. The first-order valence-electron chi connectivity index (χ1n) is 12.5. The first-order valence-corrected chi connectivity index (χ1v) is 15.3. The Balaban J connectivity index is 1.40. The number of halogens is 2. The number of ether oxygens (including phenoxy) is 1. The summed E-state index contributed by atoms with van der Waals surface area (Å²) in [6.07, 6.45) is 0. The molecule has 3 aromatic carbocycles. The van der Waals surface area contributed by atoms with Crippen LogP contribution >= 0.6 is 50.6 Å². The van der Waals surface area contributed by atoms with Gasteiger partial charge in [-0.25, -0.2) is 4.90 Å². The number of thiazole rings is 1. The van der Waals surface area contributed by atoms with Gasteiger partial charge in [-0.3, -0.25) is 23.7 Å². The van der Waals surface area contributed by atoms with Gasteiger partial charge in [0.15, 0.2) is 0 Å². The number of nitrogens with one attached hydrogen (secondary N) is 1. The van der Waals surface area contributed by atoms with Crippen LogP contribution < -0.4 is 19.8 Å². The Bertz CT molecular complexity index is 1740. The van der Waals surface area contributed by atoms with Gasteiger partial charge in [0.05, 0.1) is 23.7 Å². The Labute approximate surface area is 256 Å². The molecule has 4 aromatic rings. The Morgan fingerprint density at radius 2 is 1.76 bits per heavy atom. The summed E-state index contributed by atoms with van der Waals surface area (Å²) in [7, 11) is 1.54. The van der Waals surface area contributed by atoms with E-state index in [0.29, 0.717) is 32.1 Å². The molecule has 3 atom stereocenters. The van der Waals surface area contributed by atoms with Gasteiger partial charge >= 0.3 is 4.87 Å². The van der Waals surface area contributed by atoms with Crippen LogP contribution in [0.2, 0.25) is 5.02 Å². The van der Waals surface area contributed by atoms with E-state index in [0.717, 1.165) is 21.4 Å². The lowest BCUT2D eigenvalue weighted by atomic mass is 9.83. The molecule has 3 amide bonds. The SMILES string of the molecule is COc1ccc(N2C(=O)C3Sc4c(sc(=O)n4CC(=O)Nc4ccc(Cl)cc4)C(c4cccc(Br)c4)C3C2=O)cc1. The first-order chi connectivity index (χ1) is 19.7. The van der Waals surface area contributed by atoms with Crippen molar-refractivity contribution in [2.75, 3.05) is 17.3 Å². The normalized spacial score (nSPS) is 19.6. The number of imide groups is 1. The van der Waals surface area contributed by atoms with Gasteiger partial charge in [0.25, 0.3) is 0 Å². The van der Waals surface area contributed by atoms with E-state index in [2.05, 4.69) is 21.2 Å². The average Bonchev–Trinajstić information content (AvgIpc) is 3.40. The number of carbonyl (C=O) groups excluding carboxylic acids is 3. The van der Waals surface area contributed by atoms with Crippen molar-refractivity contribution < 1.29 is 19.1 Å². The number of nitrogens with zero attached hydrogens (tertiary/aromatic N) is 2. The van der Waals surface area contributed by atoms with Gasteiger partial charge in [-0.05, 0) is 66.2 Å². The fraction of sp³-hybridized carbons (Fsp3) is 0.172. The minimum absolute atomic E-state index is 0.243. The third-order valence-corrected chi connectivity index (χ3v) is 10.4. The van der Waals surface area contributed by atoms with Gasteiger partial charge in [-0.2, -0.15) is 0 Å². The fourth-order valence-corrected chi connectivity index (χ4v) is 8.49. The molecular weight excluding hydrogens is 650 g/mol. The van der Waals surface area contributed by atoms with Crippen LogP contribution in [0, 0.1) is 5.92 Å². The van der Waals surface area contributed by atoms with Gasteiger partial charge < -0.3 is 10.1 Å². The molecule has 0 saturated carbocycles. The highest BCUT2D eigenvalue weighted by atomic mass is 79.9. The summed E-state index contributed by atoms with van der Waals surface area (Å²) in [5.41, 5.74) is 1.79. The number of methoxy groups -OCH3 is 1. The van der Waals surface area contributed by atoms with Crippen molar-refractivity contribution >= 4 is 79.7 Å². The lowest BCUT2D eigenvalue weighted by Gasteiger charge is -2.30. The van der Waals surface area contributed by atoms with Crippen LogP contribution in [0.5, 0.6) is 5.75 Å². The average molecular weight is 671 g/mol. The van der Waals surface area contributed by atoms with Crippen molar-refractivity contribution in [2.24, 2.45) is 5.92 Å². The zero-order chi connectivity index (χ0) is 28.8. The van der Waals surface area contributed by atoms with Crippen LogP contribution in [-0.4, -0.2) is 34.6 Å². The van der Waals surface area contributed by atoms with Crippen molar-refractivity contribution in [1.82, 2.24) is 4.57 Å². The number of hydrogen-bond donors (Lipinski definition) is 1. The molecule has 8 nitrogen and oxygen atoms in total. The molecule has 41 heavy (non-hydrogen) atoms. The van der Waals surface area contributed by atoms with Crippen molar-refractivity contribution in [3.05, 3.63) is 102 Å². The summed E-state index contributed by atoms with van der Waals surface area (Å²) >= 11 is 11.6. The second-order valence-electron chi connectivity index (χ2n) is 9.49. The number of fused-ring (bicyclic) bond motifs is 2. The summed E-state index contributed by atoms with van der Waals surface area (Å²) < 4.78 is 7.43. The Hall–Kier alpha value is -3.38. The standard InChI is InChI=1S/C29H21BrClN3O5S2/c1-39-20-11-9-19(10-12-20)34-26(36)23-22(15-3-2-4-16(30)13-15)25-28(40-24(23)27(34)37)33(29(38)41-25)14-21(35)32-18-7-5-17(31)6-8-18/h2-13,22-24H,14H2,1H3,(H,32,35). The van der Waals surface area contributed by atoms with Crippen molar-refractivity contribution in [3.8, 4) is 5.75 Å². The van der Waals surface area contributed by atoms with E-state index >= 15 is 0 Å². The minimum Gasteiger partial charge on any atom is -0.497 e. The van der Waals surface area contributed by atoms with Gasteiger partial charge in [0, 0.05) is 26.0 Å². The molecule has 6 rings (SSSR count). The van der Waals surface area contributed by atoms with Gasteiger partial charge in [-0.1, -0.05) is 62.8 Å². The molecule has 208 valence electrons. The highest BCUT2D eigenvalue weighted by Crippen LogP contribution is 2.54. The van der Waals surface area contributed by atoms with Crippen LogP contribution in [0.25, 0.3) is 0 Å².